The number of anilines is 1. The van der Waals surface area contributed by atoms with Crippen molar-refractivity contribution >= 4 is 21.6 Å². The number of methoxy groups -OCH3 is 1. The van der Waals surface area contributed by atoms with Crippen molar-refractivity contribution in [3.05, 3.63) is 24.0 Å². The molecule has 1 heterocycles. The van der Waals surface area contributed by atoms with Gasteiger partial charge in [0.2, 0.25) is 15.9 Å². The van der Waals surface area contributed by atoms with Crippen molar-refractivity contribution in [2.24, 2.45) is 0 Å². The highest BCUT2D eigenvalue weighted by atomic mass is 32.2. The Morgan fingerprint density at radius 2 is 2.23 bits per heavy atom. The molecule has 0 aromatic heterocycles. The van der Waals surface area contributed by atoms with Crippen LogP contribution in [-0.4, -0.2) is 51.7 Å². The number of carbonyl (C=O) groups is 1. The number of hydrogen-bond acceptors (Lipinski definition) is 5. The highest BCUT2D eigenvalue weighted by molar-refractivity contribution is 7.89. The van der Waals surface area contributed by atoms with Gasteiger partial charge in [-0.3, -0.25) is 4.79 Å². The lowest BCUT2D eigenvalue weighted by atomic mass is 10.3. The Hall–Kier alpha value is -1.55. The van der Waals surface area contributed by atoms with Crippen molar-refractivity contribution in [1.29, 1.82) is 0 Å². The minimum Gasteiger partial charge on any atom is -0.354 e. The van der Waals surface area contributed by atoms with Gasteiger partial charge >= 0.3 is 0 Å². The smallest absolute Gasteiger partial charge is 0.243 e. The maximum absolute atomic E-state index is 13.6. The van der Waals surface area contributed by atoms with Crippen LogP contribution in [0.1, 0.15) is 6.92 Å². The zero-order chi connectivity index (χ0) is 16.3. The van der Waals surface area contributed by atoms with E-state index in [2.05, 4.69) is 5.32 Å². The van der Waals surface area contributed by atoms with Crippen LogP contribution in [0.15, 0.2) is 23.1 Å². The third kappa shape index (κ3) is 3.61. The summed E-state index contributed by atoms with van der Waals surface area (Å²) in [6, 6.07) is 3.27. The van der Waals surface area contributed by atoms with Gasteiger partial charge in [0.25, 0.3) is 0 Å². The van der Waals surface area contributed by atoms with Crippen LogP contribution in [0, 0.1) is 5.82 Å². The minimum absolute atomic E-state index is 0.0473. The molecule has 0 aliphatic carbocycles. The molecular formula is C13H17FN2O5S. The first-order chi connectivity index (χ1) is 10.3. The van der Waals surface area contributed by atoms with Crippen molar-refractivity contribution in [3.63, 3.8) is 0 Å². The number of nitrogens with zero attached hydrogens (tertiary/aromatic N) is 1. The van der Waals surface area contributed by atoms with Crippen LogP contribution in [0.2, 0.25) is 0 Å². The number of halogens is 1. The van der Waals surface area contributed by atoms with Gasteiger partial charge in [-0.05, 0) is 18.2 Å². The number of amides is 1. The first-order valence-electron chi connectivity index (χ1n) is 6.56. The molecule has 1 atom stereocenters. The summed E-state index contributed by atoms with van der Waals surface area (Å²) in [4.78, 5) is 10.9. The number of ether oxygens (including phenoxy) is 2. The first-order valence-corrected chi connectivity index (χ1v) is 8.00. The molecule has 0 bridgehead atoms. The Bertz CT molecular complexity index is 664. The molecule has 9 heteroatoms. The van der Waals surface area contributed by atoms with E-state index in [9.17, 15) is 17.6 Å². The SMILES string of the molecule is CO[C@H]1CN(S(=O)(=O)c2ccc(F)c(NC(C)=O)c2)CCO1. The van der Waals surface area contributed by atoms with Crippen LogP contribution in [0.5, 0.6) is 0 Å². The van der Waals surface area contributed by atoms with Crippen LogP contribution >= 0.6 is 0 Å². The van der Waals surface area contributed by atoms with E-state index in [1.165, 1.54) is 18.3 Å². The molecule has 122 valence electrons. The summed E-state index contributed by atoms with van der Waals surface area (Å²) in [5, 5.41) is 2.26. The predicted octanol–water partition coefficient (Wildman–Crippen LogP) is 0.777. The lowest BCUT2D eigenvalue weighted by molar-refractivity contribution is -0.151. The predicted molar refractivity (Wildman–Crippen MR) is 76.2 cm³/mol. The largest absolute Gasteiger partial charge is 0.354 e. The van der Waals surface area contributed by atoms with E-state index in [4.69, 9.17) is 9.47 Å². The second kappa shape index (κ2) is 6.69. The summed E-state index contributed by atoms with van der Waals surface area (Å²) in [5.74, 6) is -1.19. The van der Waals surface area contributed by atoms with E-state index in [0.29, 0.717) is 0 Å². The summed E-state index contributed by atoms with van der Waals surface area (Å²) in [6.07, 6.45) is -0.640. The van der Waals surface area contributed by atoms with Crippen molar-refractivity contribution in [2.75, 3.05) is 32.1 Å². The van der Waals surface area contributed by atoms with E-state index in [0.717, 1.165) is 18.2 Å². The molecule has 1 aromatic rings. The average Bonchev–Trinajstić information content (AvgIpc) is 2.49. The highest BCUT2D eigenvalue weighted by Gasteiger charge is 2.31. The number of sulfonamides is 1. The van der Waals surface area contributed by atoms with E-state index < -0.39 is 28.0 Å². The van der Waals surface area contributed by atoms with Gasteiger partial charge in [0, 0.05) is 20.6 Å². The molecule has 1 saturated heterocycles. The van der Waals surface area contributed by atoms with Crippen molar-refractivity contribution in [3.8, 4) is 0 Å². The molecule has 1 N–H and O–H groups in total. The Morgan fingerprint density at radius 3 is 2.86 bits per heavy atom. The summed E-state index contributed by atoms with van der Waals surface area (Å²) in [7, 11) is -2.40. The first kappa shape index (κ1) is 16.8. The lowest BCUT2D eigenvalue weighted by Gasteiger charge is -2.31. The lowest BCUT2D eigenvalue weighted by Crippen LogP contribution is -2.46. The van der Waals surface area contributed by atoms with E-state index >= 15 is 0 Å². The van der Waals surface area contributed by atoms with Gasteiger partial charge in [0.1, 0.15) is 5.82 Å². The van der Waals surface area contributed by atoms with E-state index in [-0.39, 0.29) is 30.3 Å². The Morgan fingerprint density at radius 1 is 1.50 bits per heavy atom. The topological polar surface area (TPSA) is 84.9 Å². The van der Waals surface area contributed by atoms with Crippen molar-refractivity contribution in [1.82, 2.24) is 4.31 Å². The summed E-state index contributed by atoms with van der Waals surface area (Å²) < 4.78 is 50.2. The van der Waals surface area contributed by atoms with Crippen LogP contribution < -0.4 is 5.32 Å². The third-order valence-electron chi connectivity index (χ3n) is 3.15. The average molecular weight is 332 g/mol. The standard InChI is InChI=1S/C13H17FN2O5S/c1-9(17)15-12-7-10(3-4-11(12)14)22(18,19)16-5-6-21-13(8-16)20-2/h3-4,7,13H,5-6,8H2,1-2H3,(H,15,17)/t13-/m1/s1. The fourth-order valence-electron chi connectivity index (χ4n) is 2.06. The van der Waals surface area contributed by atoms with Crippen molar-refractivity contribution < 1.29 is 27.1 Å². The zero-order valence-corrected chi connectivity index (χ0v) is 13.0. The molecule has 22 heavy (non-hydrogen) atoms. The van der Waals surface area contributed by atoms with Gasteiger partial charge in [-0.1, -0.05) is 0 Å². The van der Waals surface area contributed by atoms with Gasteiger partial charge in [0.05, 0.1) is 23.7 Å². The number of carbonyl (C=O) groups excluding carboxylic acids is 1. The molecule has 0 radical (unpaired) electrons. The summed E-state index contributed by atoms with van der Waals surface area (Å²) in [6.45, 7) is 1.64. The summed E-state index contributed by atoms with van der Waals surface area (Å²) >= 11 is 0. The normalized spacial score (nSPS) is 19.9. The molecule has 0 saturated carbocycles. The number of rotatable bonds is 4. The molecule has 1 aliphatic rings. The van der Waals surface area contributed by atoms with Gasteiger partial charge in [-0.15, -0.1) is 0 Å². The second-order valence-corrected chi connectivity index (χ2v) is 6.66. The summed E-state index contributed by atoms with van der Waals surface area (Å²) in [5.41, 5.74) is -0.176. The zero-order valence-electron chi connectivity index (χ0n) is 12.2. The molecule has 7 nitrogen and oxygen atoms in total. The molecule has 0 spiro atoms. The van der Waals surface area contributed by atoms with Gasteiger partial charge < -0.3 is 14.8 Å². The number of benzene rings is 1. The Labute approximate surface area is 128 Å². The van der Waals surface area contributed by atoms with Crippen LogP contribution in [-0.2, 0) is 24.3 Å². The Kier molecular flexibility index (Phi) is 5.12. The molecule has 1 aromatic carbocycles. The molecule has 1 amide bonds. The number of nitrogens with one attached hydrogen (secondary N) is 1. The van der Waals surface area contributed by atoms with Crippen LogP contribution in [0.4, 0.5) is 10.1 Å². The highest BCUT2D eigenvalue weighted by Crippen LogP contribution is 2.24. The monoisotopic (exact) mass is 332 g/mol. The molecule has 1 aliphatic heterocycles. The number of hydrogen-bond donors (Lipinski definition) is 1. The molecule has 0 unspecified atom stereocenters. The molecule has 1 fully saturated rings. The number of morpholine rings is 1. The molecular weight excluding hydrogens is 315 g/mol. The van der Waals surface area contributed by atoms with Gasteiger partial charge in [-0.2, -0.15) is 4.31 Å². The van der Waals surface area contributed by atoms with Gasteiger partial charge in [-0.25, -0.2) is 12.8 Å². The second-order valence-electron chi connectivity index (χ2n) is 4.72. The van der Waals surface area contributed by atoms with Crippen LogP contribution in [0.3, 0.4) is 0 Å². The van der Waals surface area contributed by atoms with E-state index in [1.807, 2.05) is 0 Å². The Balaban J connectivity index is 2.31. The fraction of sp³-hybridized carbons (Fsp3) is 0.462. The van der Waals surface area contributed by atoms with Gasteiger partial charge in [0.15, 0.2) is 6.29 Å². The quantitative estimate of drug-likeness (QED) is 0.881. The molecule has 2 rings (SSSR count). The van der Waals surface area contributed by atoms with Crippen molar-refractivity contribution in [2.45, 2.75) is 18.1 Å². The fourth-order valence-corrected chi connectivity index (χ4v) is 3.49. The maximum atomic E-state index is 13.6. The maximum Gasteiger partial charge on any atom is 0.243 e. The minimum atomic E-state index is -3.82. The van der Waals surface area contributed by atoms with Crippen LogP contribution in [0.25, 0.3) is 0 Å². The van der Waals surface area contributed by atoms with E-state index in [1.54, 1.807) is 0 Å². The third-order valence-corrected chi connectivity index (χ3v) is 5.01.